The second-order valence-electron chi connectivity index (χ2n) is 0.813. The van der Waals surface area contributed by atoms with Gasteiger partial charge in [-0.2, -0.15) is 0 Å². The molecule has 0 aliphatic carbocycles. The van der Waals surface area contributed by atoms with Crippen molar-refractivity contribution in [1.29, 1.82) is 0 Å². The fourth-order valence-corrected chi connectivity index (χ4v) is 0. The first-order valence-electron chi connectivity index (χ1n) is 1.41. The smallest absolute Gasteiger partial charge is 0.0365 e. The van der Waals surface area contributed by atoms with Crippen molar-refractivity contribution in [2.24, 2.45) is 5.73 Å². The van der Waals surface area contributed by atoms with Gasteiger partial charge < -0.3 is 5.73 Å². The van der Waals surface area contributed by atoms with Crippen molar-refractivity contribution in [3.05, 3.63) is 12.7 Å². The molecule has 2 unspecified atom stereocenters. The molecule has 2 heteroatoms. The van der Waals surface area contributed by atoms with Crippen molar-refractivity contribution in [3.8, 4) is 0 Å². The average Bonchev–Trinajstić information content (AvgIpc) is 1.38. The minimum Gasteiger partial charge on any atom is -0.321 e. The summed E-state index contributed by atoms with van der Waals surface area (Å²) in [7, 11) is 2.39. The van der Waals surface area contributed by atoms with E-state index in [1.807, 2.05) is 0 Å². The Labute approximate surface area is 34.4 Å². The molecule has 0 aromatic heterocycles. The molecule has 30 valence electrons. The van der Waals surface area contributed by atoms with Crippen molar-refractivity contribution >= 4 is 9.24 Å². The highest BCUT2D eigenvalue weighted by Crippen LogP contribution is 1.86. The molecule has 0 radical (unpaired) electrons. The third-order valence-corrected chi connectivity index (χ3v) is 0.544. The second-order valence-corrected chi connectivity index (χ2v) is 1.58. The highest BCUT2D eigenvalue weighted by Gasteiger charge is 1.73. The SMILES string of the molecule is C=CC(N)P. The predicted octanol–water partition coefficient (Wildman–Crippen LogP) is 0.332. The van der Waals surface area contributed by atoms with Gasteiger partial charge in [0.15, 0.2) is 0 Å². The summed E-state index contributed by atoms with van der Waals surface area (Å²) < 4.78 is 0. The molecule has 0 fully saturated rings. The van der Waals surface area contributed by atoms with Gasteiger partial charge in [0.1, 0.15) is 0 Å². The van der Waals surface area contributed by atoms with E-state index in [9.17, 15) is 0 Å². The van der Waals surface area contributed by atoms with Crippen molar-refractivity contribution < 1.29 is 0 Å². The van der Waals surface area contributed by atoms with Gasteiger partial charge in [0, 0.05) is 5.78 Å². The van der Waals surface area contributed by atoms with Crippen LogP contribution < -0.4 is 5.73 Å². The first-order chi connectivity index (χ1) is 2.27. The minimum atomic E-state index is 0.0648. The second kappa shape index (κ2) is 2.37. The van der Waals surface area contributed by atoms with Gasteiger partial charge in [0.2, 0.25) is 0 Å². The molecule has 0 aliphatic rings. The van der Waals surface area contributed by atoms with E-state index >= 15 is 0 Å². The number of nitrogens with two attached hydrogens (primary N) is 1. The third kappa shape index (κ3) is 4.13. The van der Waals surface area contributed by atoms with Crippen molar-refractivity contribution in [3.63, 3.8) is 0 Å². The molecule has 0 heterocycles. The number of hydrogen-bond acceptors (Lipinski definition) is 1. The largest absolute Gasteiger partial charge is 0.321 e. The van der Waals surface area contributed by atoms with Crippen LogP contribution in [0.1, 0.15) is 0 Å². The highest BCUT2D eigenvalue weighted by atomic mass is 31.0. The molecular formula is C3H8NP. The van der Waals surface area contributed by atoms with Gasteiger partial charge in [-0.25, -0.2) is 0 Å². The van der Waals surface area contributed by atoms with Gasteiger partial charge in [0.25, 0.3) is 0 Å². The Kier molecular flexibility index (Phi) is 2.43. The van der Waals surface area contributed by atoms with E-state index in [4.69, 9.17) is 5.73 Å². The summed E-state index contributed by atoms with van der Waals surface area (Å²) in [5, 5.41) is 0. The summed E-state index contributed by atoms with van der Waals surface area (Å²) in [6.07, 6.45) is 1.66. The van der Waals surface area contributed by atoms with Crippen molar-refractivity contribution in [2.75, 3.05) is 0 Å². The summed E-state index contributed by atoms with van der Waals surface area (Å²) in [5.74, 6) is 0.0648. The van der Waals surface area contributed by atoms with Gasteiger partial charge >= 0.3 is 0 Å². The van der Waals surface area contributed by atoms with Crippen LogP contribution in [0, 0.1) is 0 Å². The van der Waals surface area contributed by atoms with Crippen LogP contribution in [0.15, 0.2) is 12.7 Å². The van der Waals surface area contributed by atoms with Crippen LogP contribution in [0.25, 0.3) is 0 Å². The van der Waals surface area contributed by atoms with Gasteiger partial charge in [-0.05, 0) is 0 Å². The maximum absolute atomic E-state index is 5.14. The lowest BCUT2D eigenvalue weighted by Crippen LogP contribution is -2.04. The Bertz CT molecular complexity index is 33.9. The van der Waals surface area contributed by atoms with E-state index < -0.39 is 0 Å². The van der Waals surface area contributed by atoms with E-state index in [1.165, 1.54) is 0 Å². The summed E-state index contributed by atoms with van der Waals surface area (Å²) in [5.41, 5.74) is 5.14. The van der Waals surface area contributed by atoms with Crippen LogP contribution in [0.2, 0.25) is 0 Å². The van der Waals surface area contributed by atoms with Crippen LogP contribution in [0.5, 0.6) is 0 Å². The van der Waals surface area contributed by atoms with Crippen LogP contribution in [-0.2, 0) is 0 Å². The zero-order valence-corrected chi connectivity index (χ0v) is 4.17. The summed E-state index contributed by atoms with van der Waals surface area (Å²) in [4.78, 5) is 0. The van der Waals surface area contributed by atoms with Crippen molar-refractivity contribution in [2.45, 2.75) is 5.78 Å². The first-order valence-corrected chi connectivity index (χ1v) is 2.07. The molecule has 0 amide bonds. The van der Waals surface area contributed by atoms with E-state index in [2.05, 4.69) is 15.8 Å². The molecule has 0 aliphatic heterocycles. The zero-order chi connectivity index (χ0) is 4.28. The molecule has 0 aromatic carbocycles. The Hall–Kier alpha value is 0.130. The van der Waals surface area contributed by atoms with Crippen molar-refractivity contribution in [1.82, 2.24) is 0 Å². The highest BCUT2D eigenvalue weighted by molar-refractivity contribution is 7.17. The quantitative estimate of drug-likeness (QED) is 0.363. The molecule has 5 heavy (non-hydrogen) atoms. The number of rotatable bonds is 1. The van der Waals surface area contributed by atoms with Gasteiger partial charge in [0.05, 0.1) is 0 Å². The molecule has 1 nitrogen and oxygen atoms in total. The summed E-state index contributed by atoms with van der Waals surface area (Å²) >= 11 is 0. The lowest BCUT2D eigenvalue weighted by Gasteiger charge is -1.86. The molecule has 0 aromatic rings. The van der Waals surface area contributed by atoms with Gasteiger partial charge in [-0.15, -0.1) is 15.8 Å². The van der Waals surface area contributed by atoms with Crippen LogP contribution in [0.4, 0.5) is 0 Å². The molecule has 0 saturated heterocycles. The van der Waals surface area contributed by atoms with Gasteiger partial charge in [-0.1, -0.05) is 6.08 Å². The van der Waals surface area contributed by atoms with Gasteiger partial charge in [-0.3, -0.25) is 0 Å². The fraction of sp³-hybridized carbons (Fsp3) is 0.333. The monoisotopic (exact) mass is 89.0 g/mol. The van der Waals surface area contributed by atoms with Crippen LogP contribution >= 0.6 is 9.24 Å². The molecule has 0 bridgehead atoms. The topological polar surface area (TPSA) is 26.0 Å². The van der Waals surface area contributed by atoms with E-state index in [1.54, 1.807) is 6.08 Å². The van der Waals surface area contributed by atoms with Crippen LogP contribution in [-0.4, -0.2) is 5.78 Å². The molecule has 0 rings (SSSR count). The maximum atomic E-state index is 5.14. The molecule has 2 atom stereocenters. The molecule has 2 N–H and O–H groups in total. The normalized spacial score (nSPS) is 14.0. The summed E-state index contributed by atoms with van der Waals surface area (Å²) in [6.45, 7) is 3.41. The standard InChI is InChI=1S/C3H8NP/c1-2-3(4)5/h2-3H,1,4-5H2. The number of hydrogen-bond donors (Lipinski definition) is 1. The minimum absolute atomic E-state index is 0.0648. The van der Waals surface area contributed by atoms with E-state index in [0.717, 1.165) is 0 Å². The van der Waals surface area contributed by atoms with E-state index in [-0.39, 0.29) is 5.78 Å². The Balaban J connectivity index is 2.83. The fourth-order valence-electron chi connectivity index (χ4n) is 0. The van der Waals surface area contributed by atoms with E-state index in [0.29, 0.717) is 0 Å². The Morgan fingerprint density at radius 1 is 2.00 bits per heavy atom. The zero-order valence-electron chi connectivity index (χ0n) is 3.02. The van der Waals surface area contributed by atoms with Crippen LogP contribution in [0.3, 0.4) is 0 Å². The third-order valence-electron chi connectivity index (χ3n) is 0.272. The lowest BCUT2D eigenvalue weighted by atomic mass is 10.7. The predicted molar refractivity (Wildman–Crippen MR) is 27.9 cm³/mol. The maximum Gasteiger partial charge on any atom is 0.0365 e. The molecule has 0 spiro atoms. The Morgan fingerprint density at radius 3 is 2.20 bits per heavy atom. The average molecular weight is 89.1 g/mol. The summed E-state index contributed by atoms with van der Waals surface area (Å²) in [6, 6.07) is 0. The Morgan fingerprint density at radius 2 is 2.20 bits per heavy atom. The first kappa shape index (κ1) is 5.13. The molecule has 0 saturated carbocycles. The lowest BCUT2D eigenvalue weighted by molar-refractivity contribution is 1.17. The molecular weight excluding hydrogens is 81.0 g/mol.